The number of carbonyl (C=O) groups is 1. The van der Waals surface area contributed by atoms with Crippen molar-refractivity contribution in [2.45, 2.75) is 26.4 Å². The lowest BCUT2D eigenvalue weighted by Crippen LogP contribution is -2.47. The van der Waals surface area contributed by atoms with E-state index in [1.165, 1.54) is 10.6 Å². The molecule has 4 aromatic heterocycles. The van der Waals surface area contributed by atoms with Crippen LogP contribution in [0, 0.1) is 11.7 Å². The van der Waals surface area contributed by atoms with Crippen molar-refractivity contribution in [3.63, 3.8) is 0 Å². The summed E-state index contributed by atoms with van der Waals surface area (Å²) in [6, 6.07) is 7.86. The Morgan fingerprint density at radius 2 is 1.95 bits per heavy atom. The summed E-state index contributed by atoms with van der Waals surface area (Å²) in [4.78, 5) is 30.0. The smallest absolute Gasteiger partial charge is 0.237 e. The van der Waals surface area contributed by atoms with Gasteiger partial charge in [-0.25, -0.2) is 14.4 Å². The van der Waals surface area contributed by atoms with Gasteiger partial charge in [-0.15, -0.1) is 5.10 Å². The molecule has 1 atom stereocenters. The molecule has 14 nitrogen and oxygen atoms in total. The first-order valence-corrected chi connectivity index (χ1v) is 14.6. The largest absolute Gasteiger partial charge is 0.492 e. The number of nitrogens with two attached hydrogens (primary N) is 2. The Bertz CT molecular complexity index is 1740. The Kier molecular flexibility index (Phi) is 8.30. The molecule has 5 N–H and O–H groups in total. The summed E-state index contributed by atoms with van der Waals surface area (Å²) >= 11 is 0. The molecule has 5 heterocycles. The van der Waals surface area contributed by atoms with Crippen LogP contribution in [0.5, 0.6) is 5.75 Å². The van der Waals surface area contributed by atoms with Crippen LogP contribution < -0.4 is 26.4 Å². The van der Waals surface area contributed by atoms with Gasteiger partial charge in [0.1, 0.15) is 18.2 Å². The monoisotopic (exact) mass is 605 g/mol. The number of anilines is 2. The maximum absolute atomic E-state index is 15.0. The number of fused-ring (bicyclic) bond motifs is 3. The average Bonchev–Trinajstić information content (AvgIpc) is 3.78. The van der Waals surface area contributed by atoms with Crippen molar-refractivity contribution >= 4 is 34.4 Å². The van der Waals surface area contributed by atoms with Crippen LogP contribution in [0.4, 0.5) is 16.0 Å². The van der Waals surface area contributed by atoms with Gasteiger partial charge in [0.2, 0.25) is 17.7 Å². The number of nitrogens with one attached hydrogen (secondary N) is 1. The van der Waals surface area contributed by atoms with Crippen LogP contribution in [-0.4, -0.2) is 91.9 Å². The molecule has 5 aromatic rings. The lowest BCUT2D eigenvalue weighted by molar-refractivity contribution is -0.123. The van der Waals surface area contributed by atoms with Crippen LogP contribution in [0.1, 0.15) is 13.8 Å². The van der Waals surface area contributed by atoms with E-state index in [0.717, 1.165) is 19.6 Å². The number of piperazine rings is 1. The minimum absolute atomic E-state index is 0.0454. The Morgan fingerprint density at radius 3 is 2.68 bits per heavy atom. The van der Waals surface area contributed by atoms with Crippen molar-refractivity contribution in [1.29, 1.82) is 0 Å². The Morgan fingerprint density at radius 1 is 1.14 bits per heavy atom. The summed E-state index contributed by atoms with van der Waals surface area (Å²) in [5, 5.41) is 7.16. The predicted molar refractivity (Wildman–Crippen MR) is 163 cm³/mol. The molecule has 1 aromatic carbocycles. The number of ether oxygens (including phenoxy) is 1. The zero-order chi connectivity index (χ0) is 30.8. The summed E-state index contributed by atoms with van der Waals surface area (Å²) in [7, 11) is 0. The highest BCUT2D eigenvalue weighted by Crippen LogP contribution is 2.26. The molecular weight excluding hydrogens is 569 g/mol. The number of rotatable bonds is 11. The van der Waals surface area contributed by atoms with Crippen LogP contribution in [0.3, 0.4) is 0 Å². The molecule has 1 aliphatic rings. The molecule has 232 valence electrons. The second-order valence-corrected chi connectivity index (χ2v) is 11.1. The topological polar surface area (TPSA) is 171 Å². The minimum Gasteiger partial charge on any atom is -0.492 e. The van der Waals surface area contributed by atoms with Gasteiger partial charge in [-0.2, -0.15) is 9.50 Å². The molecule has 0 radical (unpaired) electrons. The summed E-state index contributed by atoms with van der Waals surface area (Å²) in [5.41, 5.74) is 14.4. The first-order valence-electron chi connectivity index (χ1n) is 14.6. The maximum atomic E-state index is 15.0. The number of imidazole rings is 1. The zero-order valence-electron chi connectivity index (χ0n) is 24.7. The number of furan rings is 1. The highest BCUT2D eigenvalue weighted by atomic mass is 19.1. The third-order valence-corrected chi connectivity index (χ3v) is 7.79. The highest BCUT2D eigenvalue weighted by molar-refractivity contribution is 5.87. The standard InChI is InChI=1S/C29H36FN11O3/c1-18(2)23(31)28(42)33-7-15-43-19-5-6-21(20(30)16-19)39-11-8-38(9-12-39)10-13-40-17-34-24-26(40)36-29(32)41-27(24)35-25(37-41)22-4-3-14-44-22/h3-6,14,16-18,23H,7-13,15,31H2,1-2H3,(H2,32,36)(H,33,42). The van der Waals surface area contributed by atoms with Crippen molar-refractivity contribution in [2.24, 2.45) is 11.7 Å². The van der Waals surface area contributed by atoms with Gasteiger partial charge >= 0.3 is 0 Å². The zero-order valence-corrected chi connectivity index (χ0v) is 24.7. The highest BCUT2D eigenvalue weighted by Gasteiger charge is 2.22. The summed E-state index contributed by atoms with van der Waals surface area (Å²) in [5.74, 6) is 1.05. The van der Waals surface area contributed by atoms with Gasteiger partial charge in [0.25, 0.3) is 0 Å². The molecule has 0 spiro atoms. The fraction of sp³-hybridized carbons (Fsp3) is 0.414. The number of hydrogen-bond acceptors (Lipinski definition) is 11. The normalized spacial score (nSPS) is 15.0. The molecule has 1 aliphatic heterocycles. The third-order valence-electron chi connectivity index (χ3n) is 7.79. The summed E-state index contributed by atoms with van der Waals surface area (Å²) in [6.07, 6.45) is 3.30. The second-order valence-electron chi connectivity index (χ2n) is 11.1. The first kappa shape index (κ1) is 29.3. The van der Waals surface area contributed by atoms with Crippen molar-refractivity contribution in [3.05, 3.63) is 48.7 Å². The van der Waals surface area contributed by atoms with Gasteiger partial charge in [-0.3, -0.25) is 9.69 Å². The van der Waals surface area contributed by atoms with Gasteiger partial charge in [0.15, 0.2) is 22.6 Å². The summed E-state index contributed by atoms with van der Waals surface area (Å²) in [6.45, 7) is 8.64. The second kappa shape index (κ2) is 12.5. The number of nitrogens with zero attached hydrogens (tertiary/aromatic N) is 8. The van der Waals surface area contributed by atoms with Crippen LogP contribution >= 0.6 is 0 Å². The number of nitrogen functional groups attached to an aromatic ring is 1. The van der Waals surface area contributed by atoms with E-state index in [2.05, 4.69) is 30.3 Å². The lowest BCUT2D eigenvalue weighted by atomic mass is 10.1. The number of hydrogen-bond donors (Lipinski definition) is 3. The van der Waals surface area contributed by atoms with E-state index in [1.54, 1.807) is 36.9 Å². The van der Waals surface area contributed by atoms with Crippen molar-refractivity contribution in [3.8, 4) is 17.3 Å². The molecule has 0 bridgehead atoms. The molecular formula is C29H36FN11O3. The molecule has 15 heteroatoms. The van der Waals surface area contributed by atoms with Crippen LogP contribution in [0.25, 0.3) is 28.4 Å². The Hall–Kier alpha value is -4.76. The molecule has 44 heavy (non-hydrogen) atoms. The molecule has 0 aliphatic carbocycles. The van der Waals surface area contributed by atoms with Crippen LogP contribution in [-0.2, 0) is 11.3 Å². The van der Waals surface area contributed by atoms with Crippen molar-refractivity contribution in [2.75, 3.05) is 56.5 Å². The van der Waals surface area contributed by atoms with E-state index in [-0.39, 0.29) is 30.2 Å². The molecule has 1 unspecified atom stereocenters. The lowest BCUT2D eigenvalue weighted by Gasteiger charge is -2.36. The van der Waals surface area contributed by atoms with Gasteiger partial charge in [0.05, 0.1) is 30.9 Å². The fourth-order valence-electron chi connectivity index (χ4n) is 5.16. The Balaban J connectivity index is 1.01. The van der Waals surface area contributed by atoms with Crippen LogP contribution in [0.2, 0.25) is 0 Å². The number of amides is 1. The molecule has 1 fully saturated rings. The van der Waals surface area contributed by atoms with Gasteiger partial charge in [-0.05, 0) is 30.2 Å². The minimum atomic E-state index is -0.566. The first-order chi connectivity index (χ1) is 21.3. The fourth-order valence-corrected chi connectivity index (χ4v) is 5.16. The van der Waals surface area contributed by atoms with Crippen molar-refractivity contribution < 1.29 is 18.3 Å². The third kappa shape index (κ3) is 6.01. The van der Waals surface area contributed by atoms with Crippen molar-refractivity contribution in [1.82, 2.24) is 39.3 Å². The molecule has 0 saturated carbocycles. The van der Waals surface area contributed by atoms with E-state index < -0.39 is 6.04 Å². The quantitative estimate of drug-likeness (QED) is 0.187. The number of halogens is 1. The Labute approximate surface area is 252 Å². The number of benzene rings is 1. The van der Waals surface area contributed by atoms with E-state index in [0.29, 0.717) is 66.0 Å². The SMILES string of the molecule is CC(C)C(N)C(=O)NCCOc1ccc(N2CCN(CCn3cnc4c3nc(N)n3nc(-c5ccco5)nc43)CC2)c(F)c1. The predicted octanol–water partition coefficient (Wildman–Crippen LogP) is 1.76. The molecule has 1 amide bonds. The van der Waals surface area contributed by atoms with Gasteiger partial charge in [0, 0.05) is 45.3 Å². The van der Waals surface area contributed by atoms with E-state index in [4.69, 9.17) is 20.6 Å². The van der Waals surface area contributed by atoms with Crippen LogP contribution in [0.15, 0.2) is 47.3 Å². The van der Waals surface area contributed by atoms with Gasteiger partial charge < -0.3 is 35.4 Å². The maximum Gasteiger partial charge on any atom is 0.237 e. The molecule has 1 saturated heterocycles. The van der Waals surface area contributed by atoms with E-state index in [1.807, 2.05) is 23.3 Å². The average molecular weight is 606 g/mol. The van der Waals surface area contributed by atoms with E-state index in [9.17, 15) is 4.79 Å². The molecule has 6 rings (SSSR count). The number of aromatic nitrogens is 6. The van der Waals surface area contributed by atoms with Gasteiger partial charge in [-0.1, -0.05) is 13.8 Å². The number of carbonyl (C=O) groups excluding carboxylic acids is 1. The van der Waals surface area contributed by atoms with E-state index >= 15 is 4.39 Å². The summed E-state index contributed by atoms with van der Waals surface area (Å²) < 4.78 is 29.5.